The molecule has 4 heteroatoms. The minimum absolute atomic E-state index is 0.240. The number of carbonyl (C=O) groups is 1. The zero-order valence-electron chi connectivity index (χ0n) is 18.3. The molecule has 162 valence electrons. The van der Waals surface area contributed by atoms with Crippen molar-refractivity contribution in [3.8, 4) is 0 Å². The van der Waals surface area contributed by atoms with Crippen molar-refractivity contribution in [2.75, 3.05) is 0 Å². The maximum Gasteiger partial charge on any atom is 0.318 e. The van der Waals surface area contributed by atoms with E-state index in [-0.39, 0.29) is 12.6 Å². The highest BCUT2D eigenvalue weighted by Gasteiger charge is 2.28. The number of esters is 1. The first-order valence-electron chi connectivity index (χ1n) is 10.7. The van der Waals surface area contributed by atoms with Gasteiger partial charge in [-0.15, -0.1) is 0 Å². The number of hydrogen-bond donors (Lipinski definition) is 0. The van der Waals surface area contributed by atoms with Gasteiger partial charge in [-0.1, -0.05) is 88.7 Å². The summed E-state index contributed by atoms with van der Waals surface area (Å²) >= 11 is 3.50. The maximum absolute atomic E-state index is 13.4. The lowest BCUT2D eigenvalue weighted by Crippen LogP contribution is -2.18. The van der Waals surface area contributed by atoms with Gasteiger partial charge >= 0.3 is 5.97 Å². The Bertz CT molecular complexity index is 1180. The van der Waals surface area contributed by atoms with E-state index in [1.54, 1.807) is 0 Å². The van der Waals surface area contributed by atoms with Gasteiger partial charge in [-0.25, -0.2) is 0 Å². The third kappa shape index (κ3) is 5.03. The van der Waals surface area contributed by atoms with E-state index < -0.39 is 5.92 Å². The Hall–Kier alpha value is -3.11. The van der Waals surface area contributed by atoms with Crippen molar-refractivity contribution in [3.05, 3.63) is 129 Å². The predicted octanol–water partition coefficient (Wildman–Crippen LogP) is 6.79. The Labute approximate surface area is 197 Å². The molecule has 0 fully saturated rings. The monoisotopic (exact) mass is 487 g/mol. The van der Waals surface area contributed by atoms with Crippen molar-refractivity contribution in [2.45, 2.75) is 32.9 Å². The van der Waals surface area contributed by atoms with Gasteiger partial charge in [0.2, 0.25) is 0 Å². The van der Waals surface area contributed by atoms with Crippen LogP contribution in [0.5, 0.6) is 0 Å². The number of nitrogens with zero attached hydrogens (tertiary/aromatic N) is 1. The molecule has 0 N–H and O–H groups in total. The Morgan fingerprint density at radius 3 is 2.09 bits per heavy atom. The van der Waals surface area contributed by atoms with Crippen molar-refractivity contribution in [2.24, 2.45) is 0 Å². The van der Waals surface area contributed by atoms with Crippen LogP contribution in [0.1, 0.15) is 39.6 Å². The van der Waals surface area contributed by atoms with Crippen molar-refractivity contribution < 1.29 is 9.53 Å². The first-order valence-corrected chi connectivity index (χ1v) is 11.5. The normalized spacial score (nSPS) is 11.8. The summed E-state index contributed by atoms with van der Waals surface area (Å²) in [6.45, 7) is 5.20. The van der Waals surface area contributed by atoms with Gasteiger partial charge in [-0.2, -0.15) is 0 Å². The molecule has 0 spiro atoms. The summed E-state index contributed by atoms with van der Waals surface area (Å²) in [7, 11) is 0. The van der Waals surface area contributed by atoms with Crippen molar-refractivity contribution in [3.63, 3.8) is 0 Å². The molecule has 0 saturated heterocycles. The van der Waals surface area contributed by atoms with E-state index in [0.717, 1.165) is 39.1 Å². The van der Waals surface area contributed by atoms with Crippen LogP contribution in [0.2, 0.25) is 0 Å². The molecular formula is C28H26BrNO2. The van der Waals surface area contributed by atoms with E-state index in [1.807, 2.05) is 60.7 Å². The van der Waals surface area contributed by atoms with E-state index >= 15 is 0 Å². The molecule has 32 heavy (non-hydrogen) atoms. The molecule has 0 saturated carbocycles. The van der Waals surface area contributed by atoms with Crippen molar-refractivity contribution in [1.29, 1.82) is 0 Å². The lowest BCUT2D eigenvalue weighted by Gasteiger charge is -2.18. The van der Waals surface area contributed by atoms with E-state index in [1.165, 1.54) is 5.56 Å². The largest absolute Gasteiger partial charge is 0.460 e. The average Bonchev–Trinajstić information content (AvgIpc) is 3.08. The first kappa shape index (κ1) is 22.1. The zero-order chi connectivity index (χ0) is 22.5. The molecule has 0 radical (unpaired) electrons. The van der Waals surface area contributed by atoms with E-state index in [0.29, 0.717) is 0 Å². The summed E-state index contributed by atoms with van der Waals surface area (Å²) in [6, 6.07) is 30.2. The van der Waals surface area contributed by atoms with Gasteiger partial charge in [0, 0.05) is 22.4 Å². The Kier molecular flexibility index (Phi) is 6.91. The first-order chi connectivity index (χ1) is 15.5. The summed E-state index contributed by atoms with van der Waals surface area (Å²) in [6.07, 6.45) is 0. The van der Waals surface area contributed by atoms with Gasteiger partial charge in [0.25, 0.3) is 0 Å². The Morgan fingerprint density at radius 1 is 0.875 bits per heavy atom. The fourth-order valence-electron chi connectivity index (χ4n) is 4.04. The molecule has 0 aliphatic carbocycles. The summed E-state index contributed by atoms with van der Waals surface area (Å²) < 4.78 is 9.04. The second-order valence-corrected chi connectivity index (χ2v) is 8.89. The zero-order valence-corrected chi connectivity index (χ0v) is 19.9. The molecule has 1 unspecified atom stereocenters. The van der Waals surface area contributed by atoms with E-state index in [4.69, 9.17) is 4.74 Å². The van der Waals surface area contributed by atoms with Gasteiger partial charge in [0.1, 0.15) is 12.5 Å². The van der Waals surface area contributed by atoms with Crippen LogP contribution in [0.4, 0.5) is 0 Å². The summed E-state index contributed by atoms with van der Waals surface area (Å²) in [5, 5.41) is 0. The molecule has 3 aromatic carbocycles. The third-order valence-electron chi connectivity index (χ3n) is 5.77. The summed E-state index contributed by atoms with van der Waals surface area (Å²) in [4.78, 5) is 13.4. The van der Waals surface area contributed by atoms with Crippen LogP contribution in [0.3, 0.4) is 0 Å². The average molecular weight is 488 g/mol. The smallest absolute Gasteiger partial charge is 0.318 e. The number of aryl methyl sites for hydroxylation is 1. The lowest BCUT2D eigenvalue weighted by molar-refractivity contribution is -0.145. The summed E-state index contributed by atoms with van der Waals surface area (Å²) in [5.74, 6) is -0.723. The quantitative estimate of drug-likeness (QED) is 0.268. The van der Waals surface area contributed by atoms with Crippen LogP contribution >= 0.6 is 15.9 Å². The van der Waals surface area contributed by atoms with E-state index in [9.17, 15) is 4.79 Å². The second kappa shape index (κ2) is 10.0. The number of rotatable bonds is 7. The molecule has 1 aromatic heterocycles. The van der Waals surface area contributed by atoms with Crippen LogP contribution in [0, 0.1) is 13.8 Å². The summed E-state index contributed by atoms with van der Waals surface area (Å²) in [5.41, 5.74) is 6.32. The number of ether oxygens (including phenoxy) is 1. The van der Waals surface area contributed by atoms with Gasteiger partial charge in [-0.3, -0.25) is 4.79 Å². The van der Waals surface area contributed by atoms with Crippen LogP contribution in [0.15, 0.2) is 95.5 Å². The fourth-order valence-corrected chi connectivity index (χ4v) is 4.30. The second-order valence-electron chi connectivity index (χ2n) is 7.98. The van der Waals surface area contributed by atoms with Crippen LogP contribution < -0.4 is 0 Å². The molecule has 0 aliphatic rings. The highest BCUT2D eigenvalue weighted by atomic mass is 79.9. The maximum atomic E-state index is 13.4. The highest BCUT2D eigenvalue weighted by Crippen LogP contribution is 2.32. The third-order valence-corrected chi connectivity index (χ3v) is 6.30. The Morgan fingerprint density at radius 2 is 1.47 bits per heavy atom. The SMILES string of the molecule is Cc1cc(C(C(=O)OCc2ccccc2)c2ccc(Br)cc2)c(C)n1Cc1ccccc1. The molecule has 1 heterocycles. The number of carbonyl (C=O) groups excluding carboxylic acids is 1. The van der Waals surface area contributed by atoms with Gasteiger partial charge in [-0.05, 0) is 54.3 Å². The fraction of sp³-hybridized carbons (Fsp3) is 0.179. The van der Waals surface area contributed by atoms with Crippen molar-refractivity contribution >= 4 is 21.9 Å². The van der Waals surface area contributed by atoms with Crippen molar-refractivity contribution in [1.82, 2.24) is 4.57 Å². The number of halogens is 1. The molecule has 0 amide bonds. The number of hydrogen-bond acceptors (Lipinski definition) is 2. The Balaban J connectivity index is 1.67. The minimum Gasteiger partial charge on any atom is -0.460 e. The molecule has 0 aliphatic heterocycles. The molecule has 0 bridgehead atoms. The van der Waals surface area contributed by atoms with Gasteiger partial charge in [0.15, 0.2) is 0 Å². The molecule has 4 rings (SSSR count). The lowest BCUT2D eigenvalue weighted by atomic mass is 9.91. The molecule has 1 atom stereocenters. The van der Waals surface area contributed by atoms with Crippen LogP contribution in [0.25, 0.3) is 0 Å². The molecular weight excluding hydrogens is 462 g/mol. The topological polar surface area (TPSA) is 31.2 Å². The minimum atomic E-state index is -0.484. The van der Waals surface area contributed by atoms with Gasteiger partial charge in [0.05, 0.1) is 0 Å². The molecule has 3 nitrogen and oxygen atoms in total. The number of aromatic nitrogens is 1. The number of benzene rings is 3. The molecule has 4 aromatic rings. The van der Waals surface area contributed by atoms with Gasteiger partial charge < -0.3 is 9.30 Å². The predicted molar refractivity (Wildman–Crippen MR) is 132 cm³/mol. The van der Waals surface area contributed by atoms with Crippen LogP contribution in [-0.2, 0) is 22.7 Å². The van der Waals surface area contributed by atoms with E-state index in [2.05, 4.69) is 64.7 Å². The standard InChI is InChI=1S/C28H26BrNO2/c1-20-17-26(21(2)30(20)18-22-9-5-3-6-10-22)27(24-13-15-25(29)16-14-24)28(31)32-19-23-11-7-4-8-12-23/h3-17,27H,18-19H2,1-2H3. The van der Waals surface area contributed by atoms with Crippen LogP contribution in [-0.4, -0.2) is 10.5 Å². The highest BCUT2D eigenvalue weighted by molar-refractivity contribution is 9.10.